The van der Waals surface area contributed by atoms with E-state index in [4.69, 9.17) is 4.74 Å². The number of fused-ring (bicyclic) bond motifs is 1. The fourth-order valence-corrected chi connectivity index (χ4v) is 2.56. The molecule has 0 amide bonds. The molecule has 1 atom stereocenters. The minimum absolute atomic E-state index is 0.134. The van der Waals surface area contributed by atoms with Crippen LogP contribution in [-0.4, -0.2) is 36.3 Å². The fourth-order valence-electron chi connectivity index (χ4n) is 2.11. The van der Waals surface area contributed by atoms with Crippen molar-refractivity contribution in [2.24, 2.45) is 0 Å². The van der Waals surface area contributed by atoms with E-state index in [0.29, 0.717) is 17.7 Å². The Kier molecular flexibility index (Phi) is 5.86. The lowest BCUT2D eigenvalue weighted by molar-refractivity contribution is -0.130. The molecule has 0 heterocycles. The Bertz CT molecular complexity index is 1060. The molecule has 150 valence electrons. The van der Waals surface area contributed by atoms with Gasteiger partial charge in [-0.2, -0.15) is 8.78 Å². The molecule has 1 unspecified atom stereocenters. The minimum atomic E-state index is -5.99. The van der Waals surface area contributed by atoms with E-state index in [1.807, 2.05) is 0 Å². The topological polar surface area (TPSA) is 110 Å². The lowest BCUT2D eigenvalue weighted by atomic mass is 10.1. The van der Waals surface area contributed by atoms with Crippen molar-refractivity contribution in [2.75, 3.05) is 0 Å². The Morgan fingerprint density at radius 1 is 1.14 bits per heavy atom. The lowest BCUT2D eigenvalue weighted by Gasteiger charge is -2.25. The van der Waals surface area contributed by atoms with E-state index in [0.717, 1.165) is 0 Å². The molecule has 28 heavy (non-hydrogen) atoms. The van der Waals surface area contributed by atoms with Gasteiger partial charge in [0.25, 0.3) is 0 Å². The second-order valence-electron chi connectivity index (χ2n) is 5.96. The van der Waals surface area contributed by atoms with Crippen molar-refractivity contribution in [3.8, 4) is 5.75 Å². The first-order valence-electron chi connectivity index (χ1n) is 7.78. The number of esters is 2. The summed E-state index contributed by atoms with van der Waals surface area (Å²) in [5.74, 6) is -1.59. The van der Waals surface area contributed by atoms with Crippen LogP contribution >= 0.6 is 0 Å². The molecule has 0 bridgehead atoms. The van der Waals surface area contributed by atoms with Crippen LogP contribution in [0.5, 0.6) is 5.75 Å². The van der Waals surface area contributed by atoms with Crippen LogP contribution in [0.25, 0.3) is 10.8 Å². The number of rotatable bonds is 6. The van der Waals surface area contributed by atoms with Crippen LogP contribution in [0.3, 0.4) is 0 Å². The zero-order valence-electron chi connectivity index (χ0n) is 14.8. The van der Waals surface area contributed by atoms with Crippen LogP contribution in [0.1, 0.15) is 24.2 Å². The van der Waals surface area contributed by atoms with Gasteiger partial charge >= 0.3 is 17.2 Å². The third kappa shape index (κ3) is 4.52. The molecule has 7 nitrogen and oxygen atoms in total. The number of halogens is 2. The van der Waals surface area contributed by atoms with Crippen molar-refractivity contribution in [1.82, 2.24) is 0 Å². The van der Waals surface area contributed by atoms with E-state index in [1.54, 1.807) is 0 Å². The minimum Gasteiger partial charge on any atom is -0.743 e. The summed E-state index contributed by atoms with van der Waals surface area (Å²) >= 11 is 0. The highest BCUT2D eigenvalue weighted by molar-refractivity contribution is 7.86. The molecule has 10 heteroatoms. The first kappa shape index (κ1) is 21.5. The maximum atomic E-state index is 13.4. The molecule has 0 saturated heterocycles. The Morgan fingerprint density at radius 3 is 2.29 bits per heavy atom. The Hall–Kier alpha value is -2.85. The molecule has 2 aromatic rings. The summed E-state index contributed by atoms with van der Waals surface area (Å²) in [7, 11) is -5.99. The standard InChI is InChI=1S/C18H16F2O7S/c1-10(2)16(21)27-15-7-6-12-8-14(5-4-13(12)9-15)17(22)26-11(3)18(19,20)28(23,24)25/h4-9,11H,1H2,2-3H3,(H,23,24,25)/p-1. The molecule has 0 saturated carbocycles. The quantitative estimate of drug-likeness (QED) is 0.310. The Labute approximate surface area is 159 Å². The summed E-state index contributed by atoms with van der Waals surface area (Å²) in [4.78, 5) is 23.6. The average molecular weight is 413 g/mol. The van der Waals surface area contributed by atoms with Crippen molar-refractivity contribution in [3.63, 3.8) is 0 Å². The van der Waals surface area contributed by atoms with Crippen molar-refractivity contribution in [1.29, 1.82) is 0 Å². The first-order valence-corrected chi connectivity index (χ1v) is 9.19. The van der Waals surface area contributed by atoms with E-state index < -0.39 is 33.4 Å². The van der Waals surface area contributed by atoms with E-state index in [1.165, 1.54) is 43.3 Å². The van der Waals surface area contributed by atoms with Crippen molar-refractivity contribution < 1.29 is 40.8 Å². The van der Waals surface area contributed by atoms with Crippen molar-refractivity contribution >= 4 is 32.8 Å². The summed E-state index contributed by atoms with van der Waals surface area (Å²) in [6.07, 6.45) is -2.47. The molecule has 0 aromatic heterocycles. The van der Waals surface area contributed by atoms with Gasteiger partial charge in [0.1, 0.15) is 5.75 Å². The number of hydrogen-bond acceptors (Lipinski definition) is 7. The van der Waals surface area contributed by atoms with Gasteiger partial charge in [-0.15, -0.1) is 0 Å². The van der Waals surface area contributed by atoms with E-state index >= 15 is 0 Å². The molecule has 0 radical (unpaired) electrons. The summed E-state index contributed by atoms with van der Waals surface area (Å²) < 4.78 is 68.2. The van der Waals surface area contributed by atoms with Gasteiger partial charge in [0.05, 0.1) is 5.56 Å². The third-order valence-electron chi connectivity index (χ3n) is 3.70. The monoisotopic (exact) mass is 413 g/mol. The van der Waals surface area contributed by atoms with Gasteiger partial charge in [0.2, 0.25) is 0 Å². The first-order chi connectivity index (χ1) is 12.8. The third-order valence-corrected chi connectivity index (χ3v) is 4.70. The molecule has 0 spiro atoms. The number of benzene rings is 2. The highest BCUT2D eigenvalue weighted by atomic mass is 32.2. The van der Waals surface area contributed by atoms with Gasteiger partial charge in [-0.05, 0) is 48.9 Å². The molecule has 0 aliphatic rings. The predicted octanol–water partition coefficient (Wildman–Crippen LogP) is 3.00. The molecule has 2 aromatic carbocycles. The molecule has 0 N–H and O–H groups in total. The van der Waals surface area contributed by atoms with Gasteiger partial charge in [-0.25, -0.2) is 18.0 Å². The second-order valence-corrected chi connectivity index (χ2v) is 7.41. The predicted molar refractivity (Wildman–Crippen MR) is 93.9 cm³/mol. The smallest absolute Gasteiger partial charge is 0.370 e. The highest BCUT2D eigenvalue weighted by Gasteiger charge is 2.46. The van der Waals surface area contributed by atoms with Crippen molar-refractivity contribution in [3.05, 3.63) is 54.1 Å². The molecular weight excluding hydrogens is 398 g/mol. The molecule has 2 rings (SSSR count). The highest BCUT2D eigenvalue weighted by Crippen LogP contribution is 2.28. The van der Waals surface area contributed by atoms with E-state index in [-0.39, 0.29) is 16.9 Å². The molecule has 0 aliphatic carbocycles. The summed E-state index contributed by atoms with van der Waals surface area (Å²) in [5, 5.41) is -3.69. The molecule has 0 aliphatic heterocycles. The number of ether oxygens (including phenoxy) is 2. The van der Waals surface area contributed by atoms with Gasteiger partial charge in [0, 0.05) is 5.57 Å². The van der Waals surface area contributed by atoms with Gasteiger partial charge in [-0.1, -0.05) is 18.7 Å². The van der Waals surface area contributed by atoms with Crippen LogP contribution in [0.4, 0.5) is 8.78 Å². The fraction of sp³-hybridized carbons (Fsp3) is 0.222. The van der Waals surface area contributed by atoms with Crippen molar-refractivity contribution in [2.45, 2.75) is 25.2 Å². The van der Waals surface area contributed by atoms with Crippen LogP contribution in [0.2, 0.25) is 0 Å². The average Bonchev–Trinajstić information content (AvgIpc) is 2.59. The van der Waals surface area contributed by atoms with Crippen LogP contribution in [0, 0.1) is 0 Å². The number of hydrogen-bond donors (Lipinski definition) is 0. The van der Waals surface area contributed by atoms with Crippen LogP contribution in [-0.2, 0) is 19.6 Å². The molecular formula is C18H15F2O7S-. The van der Waals surface area contributed by atoms with E-state index in [9.17, 15) is 31.3 Å². The molecule has 0 fully saturated rings. The summed E-state index contributed by atoms with van der Waals surface area (Å²) in [5.41, 5.74) is 0.0781. The lowest BCUT2D eigenvalue weighted by Crippen LogP contribution is -2.42. The maximum absolute atomic E-state index is 13.4. The van der Waals surface area contributed by atoms with Gasteiger partial charge in [-0.3, -0.25) is 0 Å². The summed E-state index contributed by atoms with van der Waals surface area (Å²) in [6, 6.07) is 8.53. The van der Waals surface area contributed by atoms with E-state index in [2.05, 4.69) is 11.3 Å². The van der Waals surface area contributed by atoms with Gasteiger partial charge < -0.3 is 14.0 Å². The van der Waals surface area contributed by atoms with Crippen LogP contribution in [0.15, 0.2) is 48.6 Å². The van der Waals surface area contributed by atoms with Gasteiger partial charge in [0.15, 0.2) is 16.2 Å². The normalized spacial score (nSPS) is 13.0. The number of carbonyl (C=O) groups is 2. The SMILES string of the molecule is C=C(C)C(=O)Oc1ccc2cc(C(=O)OC(C)C(F)(F)S(=O)(=O)[O-])ccc2c1. The Morgan fingerprint density at radius 2 is 1.71 bits per heavy atom. The summed E-state index contributed by atoms with van der Waals surface area (Å²) in [6.45, 7) is 5.56. The Balaban J connectivity index is 2.23. The zero-order chi connectivity index (χ0) is 21.3. The number of carbonyl (C=O) groups excluding carboxylic acids is 2. The largest absolute Gasteiger partial charge is 0.743 e. The second kappa shape index (κ2) is 7.64. The maximum Gasteiger partial charge on any atom is 0.370 e. The van der Waals surface area contributed by atoms with Crippen LogP contribution < -0.4 is 4.74 Å². The number of alkyl halides is 2. The zero-order valence-corrected chi connectivity index (χ0v) is 15.6.